The number of nitrogens with zero attached hydrogens (tertiary/aromatic N) is 2. The van der Waals surface area contributed by atoms with E-state index < -0.39 is 94.1 Å². The molecule has 2 rings (SSSR count). The van der Waals surface area contributed by atoms with Crippen LogP contribution in [0.1, 0.15) is 95.4 Å². The Morgan fingerprint density at radius 3 is 2.02 bits per heavy atom. The zero-order chi connectivity index (χ0) is 46.1. The topological polar surface area (TPSA) is 183 Å². The van der Waals surface area contributed by atoms with E-state index in [2.05, 4.69) is 21.3 Å². The Morgan fingerprint density at radius 1 is 0.933 bits per heavy atom. The highest BCUT2D eigenvalue weighted by molar-refractivity contribution is 6.12. The molecule has 1 aliphatic carbocycles. The first-order chi connectivity index (χ1) is 27.4. The molecule has 0 saturated carbocycles. The second-order valence-electron chi connectivity index (χ2n) is 18.3. The summed E-state index contributed by atoms with van der Waals surface area (Å²) in [6.45, 7) is 18.8. The number of hydrogen-bond acceptors (Lipinski definition) is 9. The largest absolute Gasteiger partial charge is 0.458 e. The fourth-order valence-electron chi connectivity index (χ4n) is 6.85. The molecular formula is C43H65F3N6O8. The number of rotatable bonds is 18. The van der Waals surface area contributed by atoms with Crippen LogP contribution >= 0.6 is 0 Å². The van der Waals surface area contributed by atoms with Crippen molar-refractivity contribution in [2.75, 3.05) is 27.2 Å². The third-order valence-corrected chi connectivity index (χ3v) is 10.4. The zero-order valence-electron chi connectivity index (χ0n) is 37.3. The molecule has 0 saturated heterocycles. The van der Waals surface area contributed by atoms with Crippen molar-refractivity contribution in [1.29, 1.82) is 0 Å². The molecule has 5 atom stereocenters. The minimum atomic E-state index is -4.45. The Labute approximate surface area is 352 Å². The number of imide groups is 1. The molecule has 0 aromatic heterocycles. The molecule has 0 fully saturated rings. The van der Waals surface area contributed by atoms with E-state index in [0.29, 0.717) is 5.57 Å². The molecule has 0 spiro atoms. The SMILES string of the molecule is CN[C@H](C(=O)N[C@H](C(=O)N(C)[C@H](/C=C(\C)C(=O)N[C@H](CCC(=O)NCCN1C(=O)C=CC1=O)C(=O)OC(C)(C)C)C(C)C)C(C)(C)C)C(C)(C)C1=CC(C(F)(F)F)CC=C1. The van der Waals surface area contributed by atoms with E-state index in [1.807, 2.05) is 13.8 Å². The Bertz CT molecular complexity index is 1730. The van der Waals surface area contributed by atoms with Gasteiger partial charge in [-0.05, 0) is 64.5 Å². The van der Waals surface area contributed by atoms with Crippen molar-refractivity contribution in [3.63, 3.8) is 0 Å². The number of amides is 6. The molecule has 0 bridgehead atoms. The highest BCUT2D eigenvalue weighted by Crippen LogP contribution is 2.40. The molecule has 60 heavy (non-hydrogen) atoms. The van der Waals surface area contributed by atoms with Crippen LogP contribution in [-0.2, 0) is 38.3 Å². The summed E-state index contributed by atoms with van der Waals surface area (Å²) < 4.78 is 46.5. The van der Waals surface area contributed by atoms with E-state index in [9.17, 15) is 46.7 Å². The predicted molar refractivity (Wildman–Crippen MR) is 220 cm³/mol. The van der Waals surface area contributed by atoms with Crippen molar-refractivity contribution < 1.29 is 51.5 Å². The second kappa shape index (κ2) is 20.6. The van der Waals surface area contributed by atoms with E-state index in [1.54, 1.807) is 74.6 Å². The summed E-state index contributed by atoms with van der Waals surface area (Å²) in [6.07, 6.45) is 3.05. The van der Waals surface area contributed by atoms with E-state index in [1.165, 1.54) is 24.9 Å². The molecule has 1 heterocycles. The summed E-state index contributed by atoms with van der Waals surface area (Å²) >= 11 is 0. The molecule has 17 heteroatoms. The number of ether oxygens (including phenoxy) is 1. The summed E-state index contributed by atoms with van der Waals surface area (Å²) in [5.41, 5.74) is -2.37. The lowest BCUT2D eigenvalue weighted by atomic mass is 9.73. The van der Waals surface area contributed by atoms with Crippen molar-refractivity contribution in [3.8, 4) is 0 Å². The second-order valence-corrected chi connectivity index (χ2v) is 18.3. The van der Waals surface area contributed by atoms with Crippen LogP contribution in [0.3, 0.4) is 0 Å². The zero-order valence-corrected chi connectivity index (χ0v) is 37.3. The highest BCUT2D eigenvalue weighted by atomic mass is 19.4. The molecule has 6 amide bonds. The van der Waals surface area contributed by atoms with E-state index in [-0.39, 0.29) is 43.8 Å². The lowest BCUT2D eigenvalue weighted by Gasteiger charge is -2.40. The van der Waals surface area contributed by atoms with Crippen LogP contribution in [0.4, 0.5) is 13.2 Å². The van der Waals surface area contributed by atoms with Gasteiger partial charge in [-0.3, -0.25) is 33.7 Å². The van der Waals surface area contributed by atoms with Gasteiger partial charge >= 0.3 is 12.1 Å². The van der Waals surface area contributed by atoms with Gasteiger partial charge in [-0.15, -0.1) is 0 Å². The monoisotopic (exact) mass is 850 g/mol. The number of hydrogen-bond donors (Lipinski definition) is 4. The first-order valence-corrected chi connectivity index (χ1v) is 20.1. The van der Waals surface area contributed by atoms with E-state index in [0.717, 1.165) is 23.1 Å². The van der Waals surface area contributed by atoms with Gasteiger partial charge in [0.1, 0.15) is 17.7 Å². The molecule has 14 nitrogen and oxygen atoms in total. The van der Waals surface area contributed by atoms with E-state index >= 15 is 0 Å². The van der Waals surface area contributed by atoms with Gasteiger partial charge in [0.25, 0.3) is 11.8 Å². The number of nitrogens with one attached hydrogen (secondary N) is 4. The number of likely N-dealkylation sites (N-methyl/N-ethyl adjacent to an activating group) is 2. The van der Waals surface area contributed by atoms with Crippen molar-refractivity contribution in [3.05, 3.63) is 47.6 Å². The van der Waals surface area contributed by atoms with Crippen LogP contribution < -0.4 is 21.3 Å². The molecule has 0 aromatic rings. The Hall–Kier alpha value is -4.80. The smallest absolute Gasteiger partial charge is 0.395 e. The van der Waals surface area contributed by atoms with Crippen molar-refractivity contribution in [2.24, 2.45) is 22.7 Å². The standard InChI is InChI=1S/C43H65F3N6O8/c1-25(2)30(23-26(3)36(56)49-29(39(59)60-41(7,8)9)17-18-31(53)48-21-22-52-32(54)19-20-33(52)55)51(13)38(58)35(40(4,5)6)50-37(57)34(47-12)42(10,11)27-15-14-16-28(24-27)43(44,45)46/h14-15,19-20,23-25,28-30,34-35,47H,16-18,21-22H2,1-13H3,(H,48,53)(H,49,56)(H,50,57)/b26-23+/t28?,29-,30-,34-,35-/m1/s1. The molecular weight excluding hydrogens is 786 g/mol. The van der Waals surface area contributed by atoms with Crippen LogP contribution in [0, 0.1) is 22.7 Å². The third-order valence-electron chi connectivity index (χ3n) is 10.4. The fourth-order valence-corrected chi connectivity index (χ4v) is 6.85. The van der Waals surface area contributed by atoms with Crippen molar-refractivity contribution in [2.45, 2.75) is 131 Å². The van der Waals surface area contributed by atoms with Crippen LogP contribution in [0.25, 0.3) is 0 Å². The van der Waals surface area contributed by atoms with Crippen LogP contribution in [-0.4, -0.2) is 114 Å². The molecule has 0 radical (unpaired) electrons. The molecule has 1 aliphatic heterocycles. The minimum absolute atomic E-state index is 0.0123. The summed E-state index contributed by atoms with van der Waals surface area (Å²) in [6, 6.07) is -4.05. The highest BCUT2D eigenvalue weighted by Gasteiger charge is 2.45. The summed E-state index contributed by atoms with van der Waals surface area (Å²) in [4.78, 5) is 93.9. The third kappa shape index (κ3) is 14.4. The van der Waals surface area contributed by atoms with Gasteiger partial charge < -0.3 is 30.9 Å². The first-order valence-electron chi connectivity index (χ1n) is 20.1. The number of carbonyl (C=O) groups excluding carboxylic acids is 7. The lowest BCUT2D eigenvalue weighted by molar-refractivity contribution is -0.161. The average Bonchev–Trinajstić information content (AvgIpc) is 3.44. The molecule has 4 N–H and O–H groups in total. The van der Waals surface area contributed by atoms with Gasteiger partial charge in [0, 0.05) is 49.7 Å². The van der Waals surface area contributed by atoms with Gasteiger partial charge in [-0.1, -0.05) is 72.8 Å². The fraction of sp³-hybridized carbons (Fsp3) is 0.651. The Balaban J connectivity index is 2.28. The molecule has 1 unspecified atom stereocenters. The van der Waals surface area contributed by atoms with Crippen LogP contribution in [0.2, 0.25) is 0 Å². The van der Waals surface area contributed by atoms with Gasteiger partial charge in [0.15, 0.2) is 0 Å². The van der Waals surface area contributed by atoms with Gasteiger partial charge in [0.2, 0.25) is 23.6 Å². The predicted octanol–water partition coefficient (Wildman–Crippen LogP) is 4.27. The normalized spacial score (nSPS) is 18.4. The quantitative estimate of drug-likeness (QED) is 0.0890. The lowest BCUT2D eigenvalue weighted by Crippen LogP contribution is -2.61. The number of alkyl halides is 3. The first kappa shape index (κ1) is 51.3. The van der Waals surface area contributed by atoms with Crippen molar-refractivity contribution >= 4 is 41.4 Å². The Kier molecular flexibility index (Phi) is 17.7. The molecule has 336 valence electrons. The summed E-state index contributed by atoms with van der Waals surface area (Å²) in [5.74, 6) is -5.89. The van der Waals surface area contributed by atoms with Gasteiger partial charge in [0.05, 0.1) is 18.0 Å². The van der Waals surface area contributed by atoms with Gasteiger partial charge in [-0.25, -0.2) is 4.79 Å². The van der Waals surface area contributed by atoms with Crippen LogP contribution in [0.5, 0.6) is 0 Å². The molecule has 2 aliphatic rings. The minimum Gasteiger partial charge on any atom is -0.458 e. The number of halogens is 3. The van der Waals surface area contributed by atoms with Crippen molar-refractivity contribution in [1.82, 2.24) is 31.1 Å². The maximum absolute atomic E-state index is 14.3. The number of carbonyl (C=O) groups is 7. The maximum Gasteiger partial charge on any atom is 0.395 e. The summed E-state index contributed by atoms with van der Waals surface area (Å²) in [5, 5.41) is 11.1. The van der Waals surface area contributed by atoms with E-state index in [4.69, 9.17) is 4.74 Å². The number of esters is 1. The summed E-state index contributed by atoms with van der Waals surface area (Å²) in [7, 11) is 3.07. The molecule has 0 aromatic carbocycles. The Morgan fingerprint density at radius 2 is 1.52 bits per heavy atom. The van der Waals surface area contributed by atoms with Crippen LogP contribution in [0.15, 0.2) is 47.6 Å². The number of allylic oxidation sites excluding steroid dienone is 3. The maximum atomic E-state index is 14.3. The van der Waals surface area contributed by atoms with Gasteiger partial charge in [-0.2, -0.15) is 13.2 Å². The average molecular weight is 851 g/mol.